The molecular formula is C40H76N2. The van der Waals surface area contributed by atoms with Crippen LogP contribution in [0.25, 0.3) is 0 Å². The average molecular weight is 585 g/mol. The summed E-state index contributed by atoms with van der Waals surface area (Å²) >= 11 is 0. The van der Waals surface area contributed by atoms with E-state index in [1.54, 1.807) is 0 Å². The minimum atomic E-state index is 1.12. The first kappa shape index (κ1) is 40.9. The molecule has 0 aromatic rings. The number of nitrogens with zero attached hydrogens (tertiary/aromatic N) is 2. The molecule has 0 spiro atoms. The van der Waals surface area contributed by atoms with Gasteiger partial charge in [-0.25, -0.2) is 0 Å². The van der Waals surface area contributed by atoms with Gasteiger partial charge in [0.15, 0.2) is 0 Å². The fourth-order valence-electron chi connectivity index (χ4n) is 5.32. The normalized spacial score (nSPS) is 12.6. The Balaban J connectivity index is 3.70. The van der Waals surface area contributed by atoms with Gasteiger partial charge in [0, 0.05) is 13.1 Å². The van der Waals surface area contributed by atoms with Gasteiger partial charge in [-0.3, -0.25) is 0 Å². The SMILES string of the molecule is CCCCC/C=C/C/C=C/CCCCCCCCN(CCCCCCCC/C=C/C/C=C/CCCCC)CCN(C)C. The maximum Gasteiger partial charge on any atom is 0.0109 e. The summed E-state index contributed by atoms with van der Waals surface area (Å²) in [5, 5.41) is 0. The summed E-state index contributed by atoms with van der Waals surface area (Å²) in [7, 11) is 4.42. The second-order valence-electron chi connectivity index (χ2n) is 12.8. The van der Waals surface area contributed by atoms with Crippen molar-refractivity contribution in [3.8, 4) is 0 Å². The van der Waals surface area contributed by atoms with E-state index in [2.05, 4.69) is 86.4 Å². The van der Waals surface area contributed by atoms with Crippen molar-refractivity contribution in [1.29, 1.82) is 0 Å². The van der Waals surface area contributed by atoms with Crippen LogP contribution in [0.3, 0.4) is 0 Å². The first-order valence-electron chi connectivity index (χ1n) is 18.7. The van der Waals surface area contributed by atoms with E-state index in [1.165, 1.54) is 167 Å². The molecule has 0 N–H and O–H groups in total. The van der Waals surface area contributed by atoms with Crippen molar-refractivity contribution >= 4 is 0 Å². The molecule has 0 aromatic carbocycles. The Morgan fingerprint density at radius 3 is 1.02 bits per heavy atom. The lowest BCUT2D eigenvalue weighted by molar-refractivity contribution is 0.231. The molecule has 0 saturated carbocycles. The average Bonchev–Trinajstić information content (AvgIpc) is 2.98. The molecule has 0 rings (SSSR count). The van der Waals surface area contributed by atoms with Crippen LogP contribution in [0.15, 0.2) is 48.6 Å². The van der Waals surface area contributed by atoms with Crippen molar-refractivity contribution in [3.05, 3.63) is 48.6 Å². The molecule has 0 unspecified atom stereocenters. The quantitative estimate of drug-likeness (QED) is 0.0559. The molecule has 0 heterocycles. The van der Waals surface area contributed by atoms with Crippen molar-refractivity contribution in [2.75, 3.05) is 40.3 Å². The molecule has 0 radical (unpaired) electrons. The summed E-state index contributed by atoms with van der Waals surface area (Å²) in [5.41, 5.74) is 0. The van der Waals surface area contributed by atoms with E-state index in [0.29, 0.717) is 0 Å². The van der Waals surface area contributed by atoms with Gasteiger partial charge >= 0.3 is 0 Å². The number of unbranched alkanes of at least 4 members (excludes halogenated alkanes) is 18. The monoisotopic (exact) mass is 585 g/mol. The molecule has 0 atom stereocenters. The fraction of sp³-hybridized carbons (Fsp3) is 0.800. The van der Waals surface area contributed by atoms with Crippen molar-refractivity contribution in [2.45, 2.75) is 168 Å². The molecule has 0 aromatic heterocycles. The third-order valence-electron chi connectivity index (χ3n) is 8.21. The maximum absolute atomic E-state index is 2.74. The predicted octanol–water partition coefficient (Wildman–Crippen LogP) is 12.5. The first-order valence-corrected chi connectivity index (χ1v) is 18.7. The molecule has 0 saturated heterocycles. The minimum absolute atomic E-state index is 1.12. The van der Waals surface area contributed by atoms with Gasteiger partial charge in [-0.15, -0.1) is 0 Å². The fourth-order valence-corrected chi connectivity index (χ4v) is 5.32. The van der Waals surface area contributed by atoms with Crippen LogP contribution in [-0.2, 0) is 0 Å². The van der Waals surface area contributed by atoms with E-state index in [-0.39, 0.29) is 0 Å². The van der Waals surface area contributed by atoms with E-state index in [4.69, 9.17) is 0 Å². The third-order valence-corrected chi connectivity index (χ3v) is 8.21. The standard InChI is InChI=1S/C40H76N2/c1-5-7-9-11-13-15-17-19-21-23-25-27-29-31-33-35-37-42(40-39-41(3)4)38-36-34-32-30-28-26-24-22-20-18-16-14-12-10-8-6-2/h13-16,19-22H,5-12,17-18,23-40H2,1-4H3/b15-13+,16-14+,21-19+,22-20+. The van der Waals surface area contributed by atoms with Crippen LogP contribution in [0.5, 0.6) is 0 Å². The summed E-state index contributed by atoms with van der Waals surface area (Å²) in [5.74, 6) is 0. The molecule has 2 heteroatoms. The summed E-state index contributed by atoms with van der Waals surface area (Å²) in [6.45, 7) is 9.55. The first-order chi connectivity index (χ1) is 20.7. The number of allylic oxidation sites excluding steroid dienone is 8. The molecule has 0 amide bonds. The molecule has 0 aliphatic carbocycles. The zero-order valence-corrected chi connectivity index (χ0v) is 29.3. The zero-order chi connectivity index (χ0) is 30.6. The van der Waals surface area contributed by atoms with Gasteiger partial charge in [0.2, 0.25) is 0 Å². The second-order valence-corrected chi connectivity index (χ2v) is 12.8. The van der Waals surface area contributed by atoms with Gasteiger partial charge in [0.1, 0.15) is 0 Å². The highest BCUT2D eigenvalue weighted by Crippen LogP contribution is 2.11. The van der Waals surface area contributed by atoms with E-state index < -0.39 is 0 Å². The van der Waals surface area contributed by atoms with Gasteiger partial charge in [-0.05, 0) is 104 Å². The Labute approximate surface area is 266 Å². The van der Waals surface area contributed by atoms with Crippen LogP contribution in [0.2, 0.25) is 0 Å². The predicted molar refractivity (Wildman–Crippen MR) is 194 cm³/mol. The number of likely N-dealkylation sites (N-methyl/N-ethyl adjacent to an activating group) is 1. The highest BCUT2D eigenvalue weighted by atomic mass is 15.2. The van der Waals surface area contributed by atoms with Gasteiger partial charge < -0.3 is 9.80 Å². The third kappa shape index (κ3) is 35.1. The summed E-state index contributed by atoms with van der Waals surface area (Å²) in [6, 6.07) is 0. The molecule has 0 bridgehead atoms. The molecule has 0 fully saturated rings. The van der Waals surface area contributed by atoms with Crippen LogP contribution in [-0.4, -0.2) is 50.1 Å². The lowest BCUT2D eigenvalue weighted by atomic mass is 10.1. The number of rotatable bonds is 33. The molecule has 246 valence electrons. The van der Waals surface area contributed by atoms with Crippen LogP contribution in [0, 0.1) is 0 Å². The molecule has 0 aliphatic heterocycles. The molecule has 0 aliphatic rings. The van der Waals surface area contributed by atoms with Crippen LogP contribution >= 0.6 is 0 Å². The second kappa shape index (κ2) is 36.1. The molecule has 2 nitrogen and oxygen atoms in total. The van der Waals surface area contributed by atoms with Gasteiger partial charge in [0.25, 0.3) is 0 Å². The molecular weight excluding hydrogens is 508 g/mol. The Morgan fingerprint density at radius 2 is 0.667 bits per heavy atom. The van der Waals surface area contributed by atoms with Crippen molar-refractivity contribution in [1.82, 2.24) is 9.80 Å². The van der Waals surface area contributed by atoms with Crippen LogP contribution in [0.1, 0.15) is 168 Å². The van der Waals surface area contributed by atoms with E-state index in [9.17, 15) is 0 Å². The lowest BCUT2D eigenvalue weighted by Crippen LogP contribution is -2.33. The van der Waals surface area contributed by atoms with E-state index in [1.807, 2.05) is 0 Å². The maximum atomic E-state index is 2.74. The summed E-state index contributed by atoms with van der Waals surface area (Å²) < 4.78 is 0. The van der Waals surface area contributed by atoms with Crippen molar-refractivity contribution in [3.63, 3.8) is 0 Å². The van der Waals surface area contributed by atoms with Crippen molar-refractivity contribution in [2.24, 2.45) is 0 Å². The van der Waals surface area contributed by atoms with E-state index in [0.717, 1.165) is 12.8 Å². The highest BCUT2D eigenvalue weighted by Gasteiger charge is 2.05. The Bertz CT molecular complexity index is 567. The topological polar surface area (TPSA) is 6.48 Å². The van der Waals surface area contributed by atoms with Gasteiger partial charge in [-0.1, -0.05) is 140 Å². The minimum Gasteiger partial charge on any atom is -0.308 e. The number of hydrogen-bond donors (Lipinski definition) is 0. The lowest BCUT2D eigenvalue weighted by Gasteiger charge is -2.24. The smallest absolute Gasteiger partial charge is 0.0109 e. The van der Waals surface area contributed by atoms with Crippen LogP contribution in [0.4, 0.5) is 0 Å². The van der Waals surface area contributed by atoms with Crippen molar-refractivity contribution < 1.29 is 0 Å². The Morgan fingerprint density at radius 1 is 0.333 bits per heavy atom. The van der Waals surface area contributed by atoms with E-state index >= 15 is 0 Å². The summed E-state index contributed by atoms with van der Waals surface area (Å²) in [4.78, 5) is 5.08. The van der Waals surface area contributed by atoms with Gasteiger partial charge in [-0.2, -0.15) is 0 Å². The largest absolute Gasteiger partial charge is 0.308 e. The Kier molecular flexibility index (Phi) is 35.1. The molecule has 42 heavy (non-hydrogen) atoms. The zero-order valence-electron chi connectivity index (χ0n) is 29.3. The highest BCUT2D eigenvalue weighted by molar-refractivity contribution is 4.93. The summed E-state index contributed by atoms with van der Waals surface area (Å²) in [6.07, 6.45) is 51.0. The van der Waals surface area contributed by atoms with Crippen LogP contribution < -0.4 is 0 Å². The Hall–Kier alpha value is -1.12. The number of hydrogen-bond acceptors (Lipinski definition) is 2. The van der Waals surface area contributed by atoms with Gasteiger partial charge in [0.05, 0.1) is 0 Å².